The second-order valence-electron chi connectivity index (χ2n) is 4.58. The molecule has 0 saturated carbocycles. The van der Waals surface area contributed by atoms with Crippen LogP contribution in [-0.4, -0.2) is 38.7 Å². The second kappa shape index (κ2) is 7.50. The van der Waals surface area contributed by atoms with Crippen molar-refractivity contribution in [2.75, 3.05) is 25.2 Å². The zero-order chi connectivity index (χ0) is 15.2. The zero-order valence-corrected chi connectivity index (χ0v) is 12.9. The van der Waals surface area contributed by atoms with Crippen molar-refractivity contribution in [3.05, 3.63) is 23.8 Å². The molecular weight excluding hydrogens is 280 g/mol. The van der Waals surface area contributed by atoms with Gasteiger partial charge in [0.1, 0.15) is 18.1 Å². The Kier molecular flexibility index (Phi) is 6.29. The van der Waals surface area contributed by atoms with Crippen LogP contribution in [0.4, 0.5) is 0 Å². The summed E-state index contributed by atoms with van der Waals surface area (Å²) in [5.41, 5.74) is 0.610. The van der Waals surface area contributed by atoms with Crippen molar-refractivity contribution in [2.45, 2.75) is 26.4 Å². The first-order valence-corrected chi connectivity index (χ1v) is 8.41. The largest absolute Gasteiger partial charge is 0.497 e. The van der Waals surface area contributed by atoms with Crippen LogP contribution < -0.4 is 9.47 Å². The maximum Gasteiger partial charge on any atom is 0.153 e. The number of sulfone groups is 1. The summed E-state index contributed by atoms with van der Waals surface area (Å²) in [4.78, 5) is 0. The molecule has 0 unspecified atom stereocenters. The third-order valence-electron chi connectivity index (χ3n) is 2.84. The molecule has 20 heavy (non-hydrogen) atoms. The summed E-state index contributed by atoms with van der Waals surface area (Å²) >= 11 is 0. The van der Waals surface area contributed by atoms with Gasteiger partial charge < -0.3 is 14.6 Å². The van der Waals surface area contributed by atoms with E-state index in [4.69, 9.17) is 9.47 Å². The van der Waals surface area contributed by atoms with E-state index in [-0.39, 0.29) is 18.1 Å². The fraction of sp³-hybridized carbons (Fsp3) is 0.571. The molecule has 1 N–H and O–H groups in total. The van der Waals surface area contributed by atoms with Crippen LogP contribution in [0.2, 0.25) is 0 Å². The molecule has 114 valence electrons. The highest BCUT2D eigenvalue weighted by Crippen LogP contribution is 2.29. The minimum atomic E-state index is -3.07. The predicted molar refractivity (Wildman–Crippen MR) is 78.1 cm³/mol. The van der Waals surface area contributed by atoms with Crippen molar-refractivity contribution >= 4 is 9.84 Å². The molecule has 0 aliphatic carbocycles. The lowest BCUT2D eigenvalue weighted by Gasteiger charge is -2.14. The quantitative estimate of drug-likeness (QED) is 0.794. The van der Waals surface area contributed by atoms with Gasteiger partial charge in [-0.25, -0.2) is 8.42 Å². The van der Waals surface area contributed by atoms with E-state index in [0.29, 0.717) is 23.5 Å². The number of rotatable bonds is 8. The summed E-state index contributed by atoms with van der Waals surface area (Å²) in [6, 6.07) is 5.08. The lowest BCUT2D eigenvalue weighted by Crippen LogP contribution is -2.17. The molecule has 1 rings (SSSR count). The maximum absolute atomic E-state index is 11.6. The normalized spacial score (nSPS) is 13.0. The number of methoxy groups -OCH3 is 1. The summed E-state index contributed by atoms with van der Waals surface area (Å²) in [6.07, 6.45) is -0.0939. The molecule has 1 aromatic rings. The Balaban J connectivity index is 2.76. The molecule has 0 radical (unpaired) electrons. The van der Waals surface area contributed by atoms with Gasteiger partial charge in [0.25, 0.3) is 0 Å². The minimum Gasteiger partial charge on any atom is -0.497 e. The standard InChI is InChI=1S/C14H22O5S/c1-4-8-20(16,17)9-7-19-14-10-12(18-3)5-6-13(14)11(2)15/h5-6,10-11,15H,4,7-9H2,1-3H3/t11-/m0/s1. The van der Waals surface area contributed by atoms with Crippen molar-refractivity contribution in [3.8, 4) is 11.5 Å². The SMILES string of the molecule is CCCS(=O)(=O)CCOc1cc(OC)ccc1[C@H](C)O. The van der Waals surface area contributed by atoms with Crippen LogP contribution in [0.25, 0.3) is 0 Å². The molecule has 0 amide bonds. The topological polar surface area (TPSA) is 72.8 Å². The number of benzene rings is 1. The van der Waals surface area contributed by atoms with E-state index in [1.165, 1.54) is 7.11 Å². The molecule has 0 saturated heterocycles. The van der Waals surface area contributed by atoms with Crippen LogP contribution >= 0.6 is 0 Å². The third kappa shape index (κ3) is 5.02. The molecule has 6 heteroatoms. The van der Waals surface area contributed by atoms with E-state index in [9.17, 15) is 13.5 Å². The van der Waals surface area contributed by atoms with Gasteiger partial charge in [-0.15, -0.1) is 0 Å². The van der Waals surface area contributed by atoms with Crippen molar-refractivity contribution in [3.63, 3.8) is 0 Å². The molecule has 0 spiro atoms. The van der Waals surface area contributed by atoms with Crippen molar-refractivity contribution in [1.29, 1.82) is 0 Å². The number of ether oxygens (including phenoxy) is 2. The lowest BCUT2D eigenvalue weighted by atomic mass is 10.1. The van der Waals surface area contributed by atoms with E-state index in [1.54, 1.807) is 25.1 Å². The average molecular weight is 302 g/mol. The van der Waals surface area contributed by atoms with E-state index < -0.39 is 15.9 Å². The van der Waals surface area contributed by atoms with Gasteiger partial charge in [0.05, 0.1) is 24.7 Å². The molecule has 1 atom stereocenters. The fourth-order valence-corrected chi connectivity index (χ4v) is 2.97. The third-order valence-corrected chi connectivity index (χ3v) is 4.66. The first kappa shape index (κ1) is 16.8. The lowest BCUT2D eigenvalue weighted by molar-refractivity contribution is 0.192. The van der Waals surface area contributed by atoms with Crippen LogP contribution in [0.15, 0.2) is 18.2 Å². The Hall–Kier alpha value is -1.27. The van der Waals surface area contributed by atoms with Crippen molar-refractivity contribution in [1.82, 2.24) is 0 Å². The molecule has 0 aliphatic heterocycles. The Bertz CT molecular complexity index is 522. The average Bonchev–Trinajstić information content (AvgIpc) is 2.37. The van der Waals surface area contributed by atoms with Crippen LogP contribution in [0.1, 0.15) is 31.9 Å². The second-order valence-corrected chi connectivity index (χ2v) is 6.88. The summed E-state index contributed by atoms with van der Waals surface area (Å²) in [6.45, 7) is 3.52. The predicted octanol–water partition coefficient (Wildman–Crippen LogP) is 1.95. The van der Waals surface area contributed by atoms with E-state index in [2.05, 4.69) is 0 Å². The van der Waals surface area contributed by atoms with Crippen molar-refractivity contribution in [2.24, 2.45) is 0 Å². The van der Waals surface area contributed by atoms with E-state index >= 15 is 0 Å². The highest BCUT2D eigenvalue weighted by Gasteiger charge is 2.13. The van der Waals surface area contributed by atoms with Gasteiger partial charge in [0.2, 0.25) is 0 Å². The maximum atomic E-state index is 11.6. The highest BCUT2D eigenvalue weighted by molar-refractivity contribution is 7.91. The summed E-state index contributed by atoms with van der Waals surface area (Å²) in [7, 11) is -1.53. The van der Waals surface area contributed by atoms with Gasteiger partial charge in [0, 0.05) is 11.6 Å². The molecule has 0 bridgehead atoms. The Morgan fingerprint density at radius 1 is 1.30 bits per heavy atom. The van der Waals surface area contributed by atoms with E-state index in [0.717, 1.165) is 0 Å². The van der Waals surface area contributed by atoms with Crippen LogP contribution in [0.5, 0.6) is 11.5 Å². The van der Waals surface area contributed by atoms with Gasteiger partial charge in [0.15, 0.2) is 9.84 Å². The summed E-state index contributed by atoms with van der Waals surface area (Å²) in [5, 5.41) is 9.67. The number of aliphatic hydroxyl groups is 1. The molecule has 0 heterocycles. The van der Waals surface area contributed by atoms with Crippen LogP contribution in [0, 0.1) is 0 Å². The van der Waals surface area contributed by atoms with Crippen LogP contribution in [0.3, 0.4) is 0 Å². The molecule has 0 fully saturated rings. The van der Waals surface area contributed by atoms with Gasteiger partial charge >= 0.3 is 0 Å². The molecule has 1 aromatic carbocycles. The smallest absolute Gasteiger partial charge is 0.153 e. The number of hydrogen-bond donors (Lipinski definition) is 1. The number of hydrogen-bond acceptors (Lipinski definition) is 5. The monoisotopic (exact) mass is 302 g/mol. The molecule has 0 aromatic heterocycles. The Labute approximate surface area is 120 Å². The Morgan fingerprint density at radius 2 is 2.00 bits per heavy atom. The molecule has 5 nitrogen and oxygen atoms in total. The first-order valence-electron chi connectivity index (χ1n) is 6.59. The number of aliphatic hydroxyl groups excluding tert-OH is 1. The summed E-state index contributed by atoms with van der Waals surface area (Å²) in [5.74, 6) is 1.18. The van der Waals surface area contributed by atoms with Crippen LogP contribution in [-0.2, 0) is 9.84 Å². The van der Waals surface area contributed by atoms with Crippen molar-refractivity contribution < 1.29 is 23.0 Å². The van der Waals surface area contributed by atoms with Gasteiger partial charge in [-0.3, -0.25) is 0 Å². The van der Waals surface area contributed by atoms with Gasteiger partial charge in [-0.1, -0.05) is 6.92 Å². The Morgan fingerprint density at radius 3 is 2.55 bits per heavy atom. The molecular formula is C14H22O5S. The zero-order valence-electron chi connectivity index (χ0n) is 12.1. The first-order chi connectivity index (χ1) is 9.39. The fourth-order valence-electron chi connectivity index (χ4n) is 1.80. The van der Waals surface area contributed by atoms with Gasteiger partial charge in [-0.2, -0.15) is 0 Å². The highest BCUT2D eigenvalue weighted by atomic mass is 32.2. The summed E-state index contributed by atoms with van der Waals surface area (Å²) < 4.78 is 33.8. The molecule has 0 aliphatic rings. The van der Waals surface area contributed by atoms with Gasteiger partial charge in [-0.05, 0) is 25.5 Å². The minimum absolute atomic E-state index is 0.0305. The van der Waals surface area contributed by atoms with E-state index in [1.807, 2.05) is 6.92 Å².